The standard InChI is InChI=1S/C14H24O4/c1-5-7-9-18-14(17)11(8-6-2)12(10(3)4)13(15)16/h10H,5-9H2,1-4H3,(H,15,16)/b12-11-. The fraction of sp³-hybridized carbons (Fsp3) is 0.714. The number of carboxylic acids is 1. The van der Waals surface area contributed by atoms with Gasteiger partial charge in [0.1, 0.15) is 0 Å². The van der Waals surface area contributed by atoms with Gasteiger partial charge in [0.2, 0.25) is 0 Å². The maximum atomic E-state index is 11.9. The number of hydrogen-bond acceptors (Lipinski definition) is 3. The Kier molecular flexibility index (Phi) is 8.08. The highest BCUT2D eigenvalue weighted by molar-refractivity contribution is 5.99. The zero-order chi connectivity index (χ0) is 14.1. The summed E-state index contributed by atoms with van der Waals surface area (Å²) in [4.78, 5) is 23.1. The molecule has 0 radical (unpaired) electrons. The fourth-order valence-electron chi connectivity index (χ4n) is 1.72. The molecule has 0 fully saturated rings. The van der Waals surface area contributed by atoms with E-state index in [9.17, 15) is 14.7 Å². The Labute approximate surface area is 109 Å². The Hall–Kier alpha value is -1.32. The Bertz CT molecular complexity index is 316. The third-order valence-electron chi connectivity index (χ3n) is 2.61. The van der Waals surface area contributed by atoms with Crippen LogP contribution in [0.4, 0.5) is 0 Å². The van der Waals surface area contributed by atoms with Crippen molar-refractivity contribution in [3.63, 3.8) is 0 Å². The van der Waals surface area contributed by atoms with Crippen LogP contribution in [0, 0.1) is 5.92 Å². The van der Waals surface area contributed by atoms with Crippen molar-refractivity contribution >= 4 is 11.9 Å². The smallest absolute Gasteiger partial charge is 0.334 e. The summed E-state index contributed by atoms with van der Waals surface area (Å²) in [6, 6.07) is 0. The second-order valence-electron chi connectivity index (χ2n) is 4.59. The van der Waals surface area contributed by atoms with Gasteiger partial charge in [-0.15, -0.1) is 0 Å². The number of rotatable bonds is 8. The Morgan fingerprint density at radius 2 is 1.78 bits per heavy atom. The lowest BCUT2D eigenvalue weighted by molar-refractivity contribution is -0.141. The molecule has 18 heavy (non-hydrogen) atoms. The SMILES string of the molecule is CCCCOC(=O)/C(CCC)=C(\C(=O)O)C(C)C. The minimum atomic E-state index is -1.03. The topological polar surface area (TPSA) is 63.6 Å². The summed E-state index contributed by atoms with van der Waals surface area (Å²) < 4.78 is 5.12. The lowest BCUT2D eigenvalue weighted by atomic mass is 9.94. The average molecular weight is 256 g/mol. The van der Waals surface area contributed by atoms with Crippen molar-refractivity contribution in [1.29, 1.82) is 0 Å². The lowest BCUT2D eigenvalue weighted by Gasteiger charge is -2.14. The minimum absolute atomic E-state index is 0.179. The number of esters is 1. The quantitative estimate of drug-likeness (QED) is 0.411. The highest BCUT2D eigenvalue weighted by Gasteiger charge is 2.23. The first kappa shape index (κ1) is 16.7. The number of hydrogen-bond donors (Lipinski definition) is 1. The van der Waals surface area contributed by atoms with Crippen LogP contribution in [0.25, 0.3) is 0 Å². The third kappa shape index (κ3) is 5.34. The van der Waals surface area contributed by atoms with Gasteiger partial charge in [-0.25, -0.2) is 9.59 Å². The summed E-state index contributed by atoms with van der Waals surface area (Å²) in [5.41, 5.74) is 0.495. The number of aliphatic carboxylic acids is 1. The molecule has 4 nitrogen and oxygen atoms in total. The monoisotopic (exact) mass is 256 g/mol. The van der Waals surface area contributed by atoms with E-state index in [4.69, 9.17) is 4.74 Å². The zero-order valence-electron chi connectivity index (χ0n) is 11.8. The third-order valence-corrected chi connectivity index (χ3v) is 2.61. The molecule has 0 unspecified atom stereocenters. The molecule has 0 rings (SSSR count). The summed E-state index contributed by atoms with van der Waals surface area (Å²) in [6.45, 7) is 7.83. The predicted molar refractivity (Wildman–Crippen MR) is 70.3 cm³/mol. The molecular formula is C14H24O4. The van der Waals surface area contributed by atoms with E-state index in [0.717, 1.165) is 19.3 Å². The maximum absolute atomic E-state index is 11.9. The van der Waals surface area contributed by atoms with Crippen LogP contribution in [0.3, 0.4) is 0 Å². The number of carbonyl (C=O) groups is 2. The Morgan fingerprint density at radius 1 is 1.17 bits per heavy atom. The van der Waals surface area contributed by atoms with Gasteiger partial charge in [0, 0.05) is 11.1 Å². The molecule has 0 bridgehead atoms. The molecule has 0 aliphatic rings. The molecule has 0 aliphatic heterocycles. The van der Waals surface area contributed by atoms with E-state index in [-0.39, 0.29) is 11.5 Å². The number of ether oxygens (including phenoxy) is 1. The van der Waals surface area contributed by atoms with Gasteiger partial charge in [0.05, 0.1) is 6.61 Å². The molecule has 0 amide bonds. The molecular weight excluding hydrogens is 232 g/mol. The first-order chi connectivity index (χ1) is 8.45. The summed E-state index contributed by atoms with van der Waals surface area (Å²) >= 11 is 0. The zero-order valence-corrected chi connectivity index (χ0v) is 11.8. The average Bonchev–Trinajstić information content (AvgIpc) is 2.27. The van der Waals surface area contributed by atoms with Crippen LogP contribution >= 0.6 is 0 Å². The minimum Gasteiger partial charge on any atom is -0.478 e. The molecule has 0 atom stereocenters. The van der Waals surface area contributed by atoms with Gasteiger partial charge in [-0.05, 0) is 18.8 Å². The van der Waals surface area contributed by atoms with E-state index in [1.54, 1.807) is 13.8 Å². The van der Waals surface area contributed by atoms with Crippen molar-refractivity contribution in [2.45, 2.75) is 53.4 Å². The largest absolute Gasteiger partial charge is 0.478 e. The van der Waals surface area contributed by atoms with Crippen molar-refractivity contribution in [1.82, 2.24) is 0 Å². The summed E-state index contributed by atoms with van der Waals surface area (Å²) in [5, 5.41) is 9.20. The number of unbranched alkanes of at least 4 members (excludes halogenated alkanes) is 1. The van der Waals surface area contributed by atoms with Crippen LogP contribution < -0.4 is 0 Å². The van der Waals surface area contributed by atoms with Crippen molar-refractivity contribution in [3.05, 3.63) is 11.1 Å². The molecule has 0 heterocycles. The first-order valence-corrected chi connectivity index (χ1v) is 6.59. The van der Waals surface area contributed by atoms with Crippen molar-refractivity contribution in [2.75, 3.05) is 6.61 Å². The molecule has 0 aromatic carbocycles. The first-order valence-electron chi connectivity index (χ1n) is 6.59. The Balaban J connectivity index is 5.06. The van der Waals surface area contributed by atoms with Crippen LogP contribution in [-0.2, 0) is 14.3 Å². The number of carboxylic acid groups (broad SMARTS) is 1. The van der Waals surface area contributed by atoms with Gasteiger partial charge < -0.3 is 9.84 Å². The number of carbonyl (C=O) groups excluding carboxylic acids is 1. The van der Waals surface area contributed by atoms with E-state index in [2.05, 4.69) is 0 Å². The maximum Gasteiger partial charge on any atom is 0.334 e. The normalized spacial score (nSPS) is 12.3. The molecule has 0 aromatic rings. The molecule has 0 aliphatic carbocycles. The summed E-state index contributed by atoms with van der Waals surface area (Å²) in [5.74, 6) is -1.69. The van der Waals surface area contributed by atoms with Gasteiger partial charge in [0.25, 0.3) is 0 Å². The van der Waals surface area contributed by atoms with E-state index < -0.39 is 11.9 Å². The lowest BCUT2D eigenvalue weighted by Crippen LogP contribution is -2.18. The van der Waals surface area contributed by atoms with E-state index >= 15 is 0 Å². The van der Waals surface area contributed by atoms with Crippen LogP contribution in [0.2, 0.25) is 0 Å². The Morgan fingerprint density at radius 3 is 2.17 bits per heavy atom. The van der Waals surface area contributed by atoms with Gasteiger partial charge >= 0.3 is 11.9 Å². The van der Waals surface area contributed by atoms with Crippen LogP contribution in [0.1, 0.15) is 53.4 Å². The summed E-state index contributed by atoms with van der Waals surface area (Å²) in [7, 11) is 0. The van der Waals surface area contributed by atoms with E-state index in [1.807, 2.05) is 13.8 Å². The van der Waals surface area contributed by atoms with Crippen LogP contribution in [0.5, 0.6) is 0 Å². The van der Waals surface area contributed by atoms with Gasteiger partial charge in [-0.3, -0.25) is 0 Å². The molecule has 0 saturated heterocycles. The summed E-state index contributed by atoms with van der Waals surface area (Å²) in [6.07, 6.45) is 2.91. The van der Waals surface area contributed by atoms with E-state index in [0.29, 0.717) is 18.6 Å². The molecule has 4 heteroatoms. The molecule has 104 valence electrons. The second-order valence-corrected chi connectivity index (χ2v) is 4.59. The highest BCUT2D eigenvalue weighted by atomic mass is 16.5. The second kappa shape index (κ2) is 8.72. The highest BCUT2D eigenvalue weighted by Crippen LogP contribution is 2.20. The molecule has 1 N–H and O–H groups in total. The van der Waals surface area contributed by atoms with Crippen molar-refractivity contribution < 1.29 is 19.4 Å². The van der Waals surface area contributed by atoms with Gasteiger partial charge in [-0.1, -0.05) is 40.5 Å². The van der Waals surface area contributed by atoms with Crippen molar-refractivity contribution in [2.24, 2.45) is 5.92 Å². The molecule has 0 saturated carbocycles. The van der Waals surface area contributed by atoms with Crippen LogP contribution in [-0.4, -0.2) is 23.7 Å². The van der Waals surface area contributed by atoms with Crippen LogP contribution in [0.15, 0.2) is 11.1 Å². The predicted octanol–water partition coefficient (Wildman–Crippen LogP) is 3.17. The fourth-order valence-corrected chi connectivity index (χ4v) is 1.72. The van der Waals surface area contributed by atoms with Gasteiger partial charge in [-0.2, -0.15) is 0 Å². The van der Waals surface area contributed by atoms with Gasteiger partial charge in [0.15, 0.2) is 0 Å². The molecule has 0 aromatic heterocycles. The van der Waals surface area contributed by atoms with E-state index in [1.165, 1.54) is 0 Å². The molecule has 0 spiro atoms. The van der Waals surface area contributed by atoms with Crippen molar-refractivity contribution in [3.8, 4) is 0 Å².